The number of hydrogen-bond acceptors (Lipinski definition) is 6. The first-order chi connectivity index (χ1) is 11.5. The number of rotatable bonds is 4. The number of benzene rings is 1. The molecule has 2 heterocycles. The minimum atomic E-state index is -0.409. The molecule has 0 spiro atoms. The molecule has 1 fully saturated rings. The Morgan fingerprint density at radius 3 is 2.79 bits per heavy atom. The van der Waals surface area contributed by atoms with Crippen LogP contribution in [0, 0.1) is 10.1 Å². The highest BCUT2D eigenvalue weighted by Crippen LogP contribution is 2.36. The summed E-state index contributed by atoms with van der Waals surface area (Å²) in [5, 5.41) is 10.9. The van der Waals surface area contributed by atoms with Crippen LogP contribution in [0.5, 0.6) is 0 Å². The summed E-state index contributed by atoms with van der Waals surface area (Å²) in [5.41, 5.74) is 0.848. The fraction of sp³-hybridized carbons (Fsp3) is 0.125. The molecule has 24 heavy (non-hydrogen) atoms. The second kappa shape index (κ2) is 6.84. The molecule has 0 atom stereocenters. The Kier molecular flexibility index (Phi) is 4.79. The van der Waals surface area contributed by atoms with E-state index in [-0.39, 0.29) is 11.6 Å². The van der Waals surface area contributed by atoms with E-state index in [1.807, 2.05) is 31.2 Å². The standard InChI is InChI=1S/C16H12N2O3S3/c1-2-17-15(19)14(24-16(17)22)9-12-6-7-13(23-12)10-4-3-5-11(8-10)18(20)21/h3-9H,2H2,1H3/b14-9+. The van der Waals surface area contributed by atoms with Crippen molar-refractivity contribution in [3.8, 4) is 10.4 Å². The maximum atomic E-state index is 12.2. The van der Waals surface area contributed by atoms with Crippen molar-refractivity contribution in [3.63, 3.8) is 0 Å². The van der Waals surface area contributed by atoms with Gasteiger partial charge < -0.3 is 0 Å². The Labute approximate surface area is 152 Å². The molecule has 0 N–H and O–H groups in total. The number of hydrogen-bond donors (Lipinski definition) is 0. The van der Waals surface area contributed by atoms with Gasteiger partial charge in [-0.25, -0.2) is 0 Å². The third-order valence-electron chi connectivity index (χ3n) is 3.43. The minimum absolute atomic E-state index is 0.0614. The molecule has 2 aromatic rings. The van der Waals surface area contributed by atoms with Crippen LogP contribution in [-0.2, 0) is 4.79 Å². The van der Waals surface area contributed by atoms with Gasteiger partial charge in [-0.05, 0) is 30.7 Å². The Balaban J connectivity index is 1.88. The first-order valence-corrected chi connectivity index (χ1v) is 9.13. The van der Waals surface area contributed by atoms with E-state index in [1.165, 1.54) is 29.2 Å². The summed E-state index contributed by atoms with van der Waals surface area (Å²) in [6.45, 7) is 2.45. The number of nitrogens with zero attached hydrogens (tertiary/aromatic N) is 2. The molecule has 1 saturated heterocycles. The predicted molar refractivity (Wildman–Crippen MR) is 102 cm³/mol. The van der Waals surface area contributed by atoms with Gasteiger partial charge in [0.15, 0.2) is 0 Å². The Hall–Kier alpha value is -2.03. The smallest absolute Gasteiger partial charge is 0.270 e. The lowest BCUT2D eigenvalue weighted by atomic mass is 10.2. The van der Waals surface area contributed by atoms with Crippen LogP contribution in [0.2, 0.25) is 0 Å². The van der Waals surface area contributed by atoms with Gasteiger partial charge in [0.1, 0.15) is 4.32 Å². The third-order valence-corrected chi connectivity index (χ3v) is 5.89. The molecule has 1 aliphatic heterocycles. The normalized spacial score (nSPS) is 16.2. The molecule has 1 aromatic carbocycles. The van der Waals surface area contributed by atoms with Crippen molar-refractivity contribution >= 4 is 57.3 Å². The van der Waals surface area contributed by atoms with Crippen LogP contribution in [-0.4, -0.2) is 26.6 Å². The zero-order valence-electron chi connectivity index (χ0n) is 12.6. The van der Waals surface area contributed by atoms with Gasteiger partial charge in [0.2, 0.25) is 0 Å². The Morgan fingerprint density at radius 1 is 1.33 bits per heavy atom. The number of thioether (sulfide) groups is 1. The van der Waals surface area contributed by atoms with Gasteiger partial charge in [0.05, 0.1) is 9.83 Å². The average Bonchev–Trinajstić information content (AvgIpc) is 3.13. The van der Waals surface area contributed by atoms with Gasteiger partial charge >= 0.3 is 0 Å². The quantitative estimate of drug-likeness (QED) is 0.339. The van der Waals surface area contributed by atoms with Crippen LogP contribution in [0.1, 0.15) is 11.8 Å². The Bertz CT molecular complexity index is 873. The Morgan fingerprint density at radius 2 is 2.12 bits per heavy atom. The summed E-state index contributed by atoms with van der Waals surface area (Å²) >= 11 is 7.98. The summed E-state index contributed by atoms with van der Waals surface area (Å²) in [6.07, 6.45) is 1.82. The molecule has 0 aliphatic carbocycles. The zero-order valence-corrected chi connectivity index (χ0v) is 15.0. The lowest BCUT2D eigenvalue weighted by Crippen LogP contribution is -2.27. The van der Waals surface area contributed by atoms with Gasteiger partial charge in [0.25, 0.3) is 11.6 Å². The summed E-state index contributed by atoms with van der Waals surface area (Å²) < 4.78 is 0.573. The summed E-state index contributed by atoms with van der Waals surface area (Å²) in [4.78, 5) is 26.7. The van der Waals surface area contributed by atoms with Crippen LogP contribution >= 0.6 is 35.3 Å². The van der Waals surface area contributed by atoms with Crippen molar-refractivity contribution in [1.82, 2.24) is 4.90 Å². The van der Waals surface area contributed by atoms with E-state index in [4.69, 9.17) is 12.2 Å². The van der Waals surface area contributed by atoms with E-state index >= 15 is 0 Å². The number of nitro groups is 1. The highest BCUT2D eigenvalue weighted by molar-refractivity contribution is 8.26. The molecule has 1 aliphatic rings. The summed E-state index contributed by atoms with van der Waals surface area (Å²) in [5.74, 6) is -0.0715. The maximum absolute atomic E-state index is 12.2. The van der Waals surface area contributed by atoms with E-state index in [1.54, 1.807) is 17.0 Å². The van der Waals surface area contributed by atoms with Crippen LogP contribution in [0.3, 0.4) is 0 Å². The molecule has 0 saturated carbocycles. The fourth-order valence-electron chi connectivity index (χ4n) is 2.26. The molecule has 1 amide bonds. The molecule has 122 valence electrons. The topological polar surface area (TPSA) is 63.5 Å². The lowest BCUT2D eigenvalue weighted by Gasteiger charge is -2.09. The van der Waals surface area contributed by atoms with Crippen molar-refractivity contribution in [1.29, 1.82) is 0 Å². The van der Waals surface area contributed by atoms with E-state index in [0.717, 1.165) is 15.3 Å². The van der Waals surface area contributed by atoms with Crippen LogP contribution in [0.25, 0.3) is 16.5 Å². The first kappa shape index (κ1) is 16.8. The molecular formula is C16H12N2O3S3. The van der Waals surface area contributed by atoms with Gasteiger partial charge in [0, 0.05) is 28.4 Å². The number of thiocarbonyl (C=S) groups is 1. The SMILES string of the molecule is CCN1C(=O)/C(=C\c2ccc(-c3cccc([N+](=O)[O-])c3)s2)SC1=S. The van der Waals surface area contributed by atoms with Crippen LogP contribution in [0.15, 0.2) is 41.3 Å². The zero-order chi connectivity index (χ0) is 17.3. The second-order valence-corrected chi connectivity index (χ2v) is 7.73. The lowest BCUT2D eigenvalue weighted by molar-refractivity contribution is -0.384. The van der Waals surface area contributed by atoms with Crippen molar-refractivity contribution in [2.75, 3.05) is 6.54 Å². The van der Waals surface area contributed by atoms with Crippen molar-refractivity contribution in [2.24, 2.45) is 0 Å². The van der Waals surface area contributed by atoms with Crippen LogP contribution in [0.4, 0.5) is 5.69 Å². The number of nitro benzene ring substituents is 1. The number of carbonyl (C=O) groups excluding carboxylic acids is 1. The predicted octanol–water partition coefficient (Wildman–Crippen LogP) is 4.54. The molecule has 0 bridgehead atoms. The van der Waals surface area contributed by atoms with E-state index < -0.39 is 4.92 Å². The van der Waals surface area contributed by atoms with Gasteiger partial charge in [-0.3, -0.25) is 19.8 Å². The molecular weight excluding hydrogens is 364 g/mol. The monoisotopic (exact) mass is 376 g/mol. The van der Waals surface area contributed by atoms with Gasteiger partial charge in [-0.1, -0.05) is 36.1 Å². The highest BCUT2D eigenvalue weighted by atomic mass is 32.2. The molecule has 3 rings (SSSR count). The average molecular weight is 376 g/mol. The van der Waals surface area contributed by atoms with Gasteiger partial charge in [-0.2, -0.15) is 0 Å². The van der Waals surface area contributed by atoms with Crippen LogP contribution < -0.4 is 0 Å². The maximum Gasteiger partial charge on any atom is 0.270 e. The van der Waals surface area contributed by atoms with Crippen molar-refractivity contribution < 1.29 is 9.72 Å². The molecule has 1 aromatic heterocycles. The summed E-state index contributed by atoms with van der Waals surface area (Å²) in [7, 11) is 0. The molecule has 5 nitrogen and oxygen atoms in total. The number of thiophene rings is 1. The first-order valence-electron chi connectivity index (χ1n) is 7.09. The number of likely N-dealkylation sites (N-methyl/N-ethyl adjacent to an activating group) is 1. The molecule has 8 heteroatoms. The fourth-order valence-corrected chi connectivity index (χ4v) is 4.66. The van der Waals surface area contributed by atoms with E-state index in [9.17, 15) is 14.9 Å². The van der Waals surface area contributed by atoms with Gasteiger partial charge in [-0.15, -0.1) is 11.3 Å². The summed E-state index contributed by atoms with van der Waals surface area (Å²) in [6, 6.07) is 10.3. The second-order valence-electron chi connectivity index (χ2n) is 4.94. The van der Waals surface area contributed by atoms with E-state index in [0.29, 0.717) is 15.8 Å². The third kappa shape index (κ3) is 3.26. The molecule has 0 radical (unpaired) electrons. The van der Waals surface area contributed by atoms with Crippen molar-refractivity contribution in [3.05, 3.63) is 56.3 Å². The molecule has 0 unspecified atom stereocenters. The minimum Gasteiger partial charge on any atom is -0.293 e. The number of carbonyl (C=O) groups is 1. The number of non-ortho nitro benzene ring substituents is 1. The highest BCUT2D eigenvalue weighted by Gasteiger charge is 2.30. The van der Waals surface area contributed by atoms with E-state index in [2.05, 4.69) is 0 Å². The number of amides is 1. The largest absolute Gasteiger partial charge is 0.293 e. The van der Waals surface area contributed by atoms with Crippen molar-refractivity contribution in [2.45, 2.75) is 6.92 Å².